The number of nitrogens with zero attached hydrogens (tertiary/aromatic N) is 4. The van der Waals surface area contributed by atoms with Gasteiger partial charge in [-0.3, -0.25) is 9.59 Å². The topological polar surface area (TPSA) is 138 Å². The summed E-state index contributed by atoms with van der Waals surface area (Å²) in [5.41, 5.74) is 4.58. The zero-order valence-electron chi connectivity index (χ0n) is 40.6. The SMILES string of the molecule is CCCCC[C@H]1CC[C@H](C(=O)Oc2ncncc2-c2c(C[C@@H]3O[C@H]3CCC)cccc2Oc2cccc(C[C@@H]3O[C@H]3CCC)c2-c2cncnc2OC(=O)[C@H]2CC[C@H](CCCCC)CC2)CC1. The van der Waals surface area contributed by atoms with Gasteiger partial charge in [0.05, 0.1) is 47.4 Å². The van der Waals surface area contributed by atoms with E-state index in [1.165, 1.54) is 64.0 Å². The molecule has 2 saturated heterocycles. The van der Waals surface area contributed by atoms with E-state index in [9.17, 15) is 9.59 Å². The summed E-state index contributed by atoms with van der Waals surface area (Å²) in [6.45, 7) is 8.83. The Labute approximate surface area is 398 Å². The Morgan fingerprint density at radius 2 is 0.970 bits per heavy atom. The maximum atomic E-state index is 14.0. The molecule has 0 spiro atoms. The van der Waals surface area contributed by atoms with E-state index in [4.69, 9.17) is 23.7 Å². The zero-order chi connectivity index (χ0) is 46.5. The van der Waals surface area contributed by atoms with Gasteiger partial charge in [-0.25, -0.2) is 19.9 Å². The van der Waals surface area contributed by atoms with Crippen LogP contribution in [0.4, 0.5) is 0 Å². The van der Waals surface area contributed by atoms with Gasteiger partial charge in [0.15, 0.2) is 0 Å². The molecule has 2 saturated carbocycles. The Kier molecular flexibility index (Phi) is 17.5. The van der Waals surface area contributed by atoms with Gasteiger partial charge in [0.2, 0.25) is 11.8 Å². The second kappa shape index (κ2) is 24.0. The number of unbranched alkanes of at least 4 members (excludes halogenated alkanes) is 4. The summed E-state index contributed by atoms with van der Waals surface area (Å²) in [6.07, 6.45) is 29.5. The van der Waals surface area contributed by atoms with Crippen LogP contribution in [-0.2, 0) is 31.9 Å². The number of benzene rings is 2. The van der Waals surface area contributed by atoms with Crippen LogP contribution < -0.4 is 14.2 Å². The minimum Gasteiger partial charge on any atom is -0.456 e. The van der Waals surface area contributed by atoms with Crippen LogP contribution in [0.3, 0.4) is 0 Å². The lowest BCUT2D eigenvalue weighted by atomic mass is 9.80. The summed E-state index contributed by atoms with van der Waals surface area (Å²) in [4.78, 5) is 46.1. The van der Waals surface area contributed by atoms with E-state index in [0.717, 1.165) is 99.3 Å². The number of hydrogen-bond donors (Lipinski definition) is 0. The number of epoxide rings is 2. The van der Waals surface area contributed by atoms with Crippen molar-refractivity contribution in [1.29, 1.82) is 0 Å². The number of carbonyl (C=O) groups excluding carboxylic acids is 2. The minimum atomic E-state index is -0.245. The van der Waals surface area contributed by atoms with Crippen LogP contribution in [0.5, 0.6) is 23.3 Å². The normalized spacial score (nSPS) is 24.5. The van der Waals surface area contributed by atoms with Gasteiger partial charge in [0, 0.05) is 36.4 Å². The van der Waals surface area contributed by atoms with Gasteiger partial charge in [0.1, 0.15) is 24.2 Å². The van der Waals surface area contributed by atoms with Crippen LogP contribution in [0.1, 0.15) is 167 Å². The fraction of sp³-hybridized carbons (Fsp3) is 0.607. The van der Waals surface area contributed by atoms with Crippen LogP contribution in [0, 0.1) is 23.7 Å². The van der Waals surface area contributed by atoms with E-state index < -0.39 is 0 Å². The molecule has 0 amide bonds. The minimum absolute atomic E-state index is 0.0559. The first-order valence-corrected chi connectivity index (χ1v) is 26.1. The van der Waals surface area contributed by atoms with Crippen LogP contribution >= 0.6 is 0 Å². The van der Waals surface area contributed by atoms with E-state index in [1.54, 1.807) is 12.4 Å². The molecule has 67 heavy (non-hydrogen) atoms. The van der Waals surface area contributed by atoms with E-state index >= 15 is 0 Å². The molecular formula is C56H74N4O7. The Balaban J connectivity index is 1.11. The van der Waals surface area contributed by atoms with E-state index in [0.29, 0.717) is 47.3 Å². The van der Waals surface area contributed by atoms with Crippen molar-refractivity contribution in [3.8, 4) is 45.5 Å². The third kappa shape index (κ3) is 12.9. The molecule has 11 nitrogen and oxygen atoms in total. The fourth-order valence-electron chi connectivity index (χ4n) is 10.9. The molecule has 0 unspecified atom stereocenters. The molecule has 0 radical (unpaired) electrons. The third-order valence-corrected chi connectivity index (χ3v) is 14.9. The summed E-state index contributed by atoms with van der Waals surface area (Å²) in [7, 11) is 0. The summed E-state index contributed by atoms with van der Waals surface area (Å²) in [5.74, 6) is 2.02. The van der Waals surface area contributed by atoms with Gasteiger partial charge in [-0.05, 0) is 99.3 Å². The molecule has 8 rings (SSSR count). The first-order valence-electron chi connectivity index (χ1n) is 26.1. The molecular weight excluding hydrogens is 841 g/mol. The van der Waals surface area contributed by atoms with Crippen LogP contribution in [0.15, 0.2) is 61.4 Å². The maximum absolute atomic E-state index is 14.0. The highest BCUT2D eigenvalue weighted by atomic mass is 16.6. The molecule has 4 heterocycles. The van der Waals surface area contributed by atoms with E-state index in [1.807, 2.05) is 24.3 Å². The standard InChI is InChI=1S/C56H74N4O7/c1-5-9-11-17-37-23-27-39(28-24-37)55(61)66-53-43(33-57-35-59-53)51-41(31-49-45(63-49)15-7-3)19-13-21-47(51)65-48-22-14-20-42(32-50-46(64-50)16-8-4)52(48)44-34-58-36-60-54(44)67-56(62)40-29-25-38(26-30-40)18-12-10-6-2/h13-14,19-22,33-40,45-46,49-50H,5-12,15-18,23-32H2,1-4H3/t37-,38-,39-,40-,45-,46-,49-,50-/m0/s1. The summed E-state index contributed by atoms with van der Waals surface area (Å²) >= 11 is 0. The predicted octanol–water partition coefficient (Wildman–Crippen LogP) is 13.2. The first-order chi connectivity index (χ1) is 32.9. The van der Waals surface area contributed by atoms with Crippen molar-refractivity contribution < 1.29 is 33.3 Å². The summed E-state index contributed by atoms with van der Waals surface area (Å²) < 4.78 is 32.1. The van der Waals surface area contributed by atoms with Gasteiger partial charge >= 0.3 is 11.9 Å². The second-order valence-corrected chi connectivity index (χ2v) is 19.8. The maximum Gasteiger partial charge on any atom is 0.315 e. The van der Waals surface area contributed by atoms with Crippen molar-refractivity contribution in [3.63, 3.8) is 0 Å². The molecule has 0 N–H and O–H groups in total. The quantitative estimate of drug-likeness (QED) is 0.0377. The smallest absolute Gasteiger partial charge is 0.315 e. The van der Waals surface area contributed by atoms with Crippen molar-refractivity contribution in [2.24, 2.45) is 23.7 Å². The van der Waals surface area contributed by atoms with Crippen molar-refractivity contribution in [3.05, 3.63) is 72.6 Å². The Morgan fingerprint density at radius 3 is 1.37 bits per heavy atom. The van der Waals surface area contributed by atoms with Crippen molar-refractivity contribution in [1.82, 2.24) is 19.9 Å². The Morgan fingerprint density at radius 1 is 0.537 bits per heavy atom. The molecule has 2 aromatic heterocycles. The molecule has 4 aromatic rings. The first kappa shape index (κ1) is 48.7. The highest BCUT2D eigenvalue weighted by Gasteiger charge is 2.40. The highest BCUT2D eigenvalue weighted by molar-refractivity contribution is 5.84. The molecule has 2 aliphatic heterocycles. The van der Waals surface area contributed by atoms with Gasteiger partial charge in [0.25, 0.3) is 0 Å². The molecule has 4 atom stereocenters. The average Bonchev–Trinajstić information content (AvgIpc) is 4.28. The Hall–Kier alpha value is -4.74. The van der Waals surface area contributed by atoms with E-state index in [-0.39, 0.29) is 60.0 Å². The lowest BCUT2D eigenvalue weighted by Gasteiger charge is -2.27. The number of aromatic nitrogens is 4. The number of rotatable bonds is 24. The highest BCUT2D eigenvalue weighted by Crippen LogP contribution is 2.47. The van der Waals surface area contributed by atoms with Crippen molar-refractivity contribution in [2.45, 2.75) is 193 Å². The van der Waals surface area contributed by atoms with E-state index in [2.05, 4.69) is 59.8 Å². The van der Waals surface area contributed by atoms with Crippen LogP contribution in [-0.4, -0.2) is 56.3 Å². The van der Waals surface area contributed by atoms with Crippen LogP contribution in [0.25, 0.3) is 22.3 Å². The monoisotopic (exact) mass is 915 g/mol. The van der Waals surface area contributed by atoms with Crippen LogP contribution in [0.2, 0.25) is 0 Å². The van der Waals surface area contributed by atoms with Gasteiger partial charge in [-0.1, -0.05) is 116 Å². The summed E-state index contributed by atoms with van der Waals surface area (Å²) in [5, 5.41) is 0. The predicted molar refractivity (Wildman–Crippen MR) is 260 cm³/mol. The summed E-state index contributed by atoms with van der Waals surface area (Å²) in [6, 6.07) is 12.0. The largest absolute Gasteiger partial charge is 0.456 e. The molecule has 2 aromatic carbocycles. The number of hydrogen-bond acceptors (Lipinski definition) is 11. The molecule has 11 heteroatoms. The lowest BCUT2D eigenvalue weighted by Crippen LogP contribution is -2.26. The van der Waals surface area contributed by atoms with Gasteiger partial charge in [-0.2, -0.15) is 0 Å². The van der Waals surface area contributed by atoms with Gasteiger partial charge < -0.3 is 23.7 Å². The molecule has 4 fully saturated rings. The molecule has 2 aliphatic carbocycles. The molecule has 0 bridgehead atoms. The average molecular weight is 915 g/mol. The molecule has 360 valence electrons. The Bertz CT molecular complexity index is 2080. The van der Waals surface area contributed by atoms with Gasteiger partial charge in [-0.15, -0.1) is 0 Å². The lowest BCUT2D eigenvalue weighted by molar-refractivity contribution is -0.141. The van der Waals surface area contributed by atoms with Crippen molar-refractivity contribution in [2.75, 3.05) is 0 Å². The third-order valence-electron chi connectivity index (χ3n) is 14.9. The zero-order valence-corrected chi connectivity index (χ0v) is 40.6. The fourth-order valence-corrected chi connectivity index (χ4v) is 10.9. The second-order valence-electron chi connectivity index (χ2n) is 19.8. The number of esters is 2. The number of carbonyl (C=O) groups is 2. The molecule has 4 aliphatic rings. The number of ether oxygens (including phenoxy) is 5. The van der Waals surface area contributed by atoms with Crippen molar-refractivity contribution >= 4 is 11.9 Å².